The van der Waals surface area contributed by atoms with E-state index < -0.39 is 6.17 Å². The van der Waals surface area contributed by atoms with E-state index in [1.165, 1.54) is 0 Å². The summed E-state index contributed by atoms with van der Waals surface area (Å²) in [4.78, 5) is 8.47. The van der Waals surface area contributed by atoms with E-state index in [1.54, 1.807) is 17.1 Å². The number of pyridine rings is 1. The van der Waals surface area contributed by atoms with Crippen LogP contribution in [0.3, 0.4) is 0 Å². The van der Waals surface area contributed by atoms with Crippen molar-refractivity contribution in [1.29, 1.82) is 0 Å². The molecule has 0 bridgehead atoms. The van der Waals surface area contributed by atoms with Crippen LogP contribution < -0.4 is 0 Å². The van der Waals surface area contributed by atoms with Gasteiger partial charge in [0.25, 0.3) is 0 Å². The second-order valence-electron chi connectivity index (χ2n) is 5.99. The Labute approximate surface area is 111 Å². The first-order valence-electron chi connectivity index (χ1n) is 6.48. The summed E-state index contributed by atoms with van der Waals surface area (Å²) in [7, 11) is 0. The zero-order valence-corrected chi connectivity index (χ0v) is 11.3. The molecule has 0 N–H and O–H groups in total. The average Bonchev–Trinajstić information content (AvgIpc) is 2.91. The van der Waals surface area contributed by atoms with Crippen LogP contribution in [0.25, 0.3) is 0 Å². The van der Waals surface area contributed by atoms with E-state index in [0.29, 0.717) is 18.1 Å². The molecule has 100 valence electrons. The SMILES string of the molecule is CC(C)(C)c1nc2n(n1)C(c1cccnc1)CC2F. The first kappa shape index (κ1) is 12.3. The number of hydrogen-bond donors (Lipinski definition) is 0. The molecule has 3 rings (SSSR count). The minimum atomic E-state index is -1.05. The molecule has 0 saturated heterocycles. The molecular formula is C14H17FN4. The lowest BCUT2D eigenvalue weighted by molar-refractivity contribution is 0.326. The number of aromatic nitrogens is 4. The number of hydrogen-bond acceptors (Lipinski definition) is 3. The lowest BCUT2D eigenvalue weighted by Crippen LogP contribution is -2.16. The average molecular weight is 260 g/mol. The highest BCUT2D eigenvalue weighted by Gasteiger charge is 2.37. The highest BCUT2D eigenvalue weighted by molar-refractivity contribution is 5.21. The lowest BCUT2D eigenvalue weighted by atomic mass is 9.96. The van der Waals surface area contributed by atoms with Crippen molar-refractivity contribution in [3.8, 4) is 0 Å². The number of rotatable bonds is 1. The van der Waals surface area contributed by atoms with Crippen LogP contribution in [0.2, 0.25) is 0 Å². The summed E-state index contributed by atoms with van der Waals surface area (Å²) in [6, 6.07) is 3.72. The molecular weight excluding hydrogens is 243 g/mol. The van der Waals surface area contributed by atoms with Gasteiger partial charge in [0.2, 0.25) is 0 Å². The van der Waals surface area contributed by atoms with Crippen molar-refractivity contribution in [2.24, 2.45) is 0 Å². The van der Waals surface area contributed by atoms with Crippen LogP contribution in [0.15, 0.2) is 24.5 Å². The molecule has 1 aliphatic rings. The Kier molecular flexibility index (Phi) is 2.66. The predicted octanol–water partition coefficient (Wildman–Crippen LogP) is 2.97. The fraction of sp³-hybridized carbons (Fsp3) is 0.500. The zero-order valence-electron chi connectivity index (χ0n) is 11.3. The third-order valence-corrected chi connectivity index (χ3v) is 3.40. The Morgan fingerprint density at radius 1 is 1.37 bits per heavy atom. The summed E-state index contributed by atoms with van der Waals surface area (Å²) in [6.45, 7) is 6.10. The van der Waals surface area contributed by atoms with Crippen LogP contribution in [0.1, 0.15) is 56.6 Å². The van der Waals surface area contributed by atoms with Gasteiger partial charge in [-0.2, -0.15) is 5.10 Å². The summed E-state index contributed by atoms with van der Waals surface area (Å²) in [5.74, 6) is 1.14. The summed E-state index contributed by atoms with van der Waals surface area (Å²) in [6.07, 6.45) is 2.83. The summed E-state index contributed by atoms with van der Waals surface area (Å²) in [5, 5.41) is 4.51. The van der Waals surface area contributed by atoms with Crippen LogP contribution in [-0.2, 0) is 5.41 Å². The summed E-state index contributed by atoms with van der Waals surface area (Å²) in [5.41, 5.74) is 0.811. The highest BCUT2D eigenvalue weighted by Crippen LogP contribution is 2.39. The maximum Gasteiger partial charge on any atom is 0.162 e. The maximum absolute atomic E-state index is 14.1. The van der Waals surface area contributed by atoms with Crippen LogP contribution in [0, 0.1) is 0 Å². The van der Waals surface area contributed by atoms with Crippen molar-refractivity contribution in [2.45, 2.75) is 44.8 Å². The molecule has 0 saturated carbocycles. The van der Waals surface area contributed by atoms with Gasteiger partial charge in [-0.1, -0.05) is 26.8 Å². The van der Waals surface area contributed by atoms with E-state index in [2.05, 4.69) is 15.1 Å². The van der Waals surface area contributed by atoms with E-state index in [9.17, 15) is 4.39 Å². The van der Waals surface area contributed by atoms with Gasteiger partial charge < -0.3 is 0 Å². The summed E-state index contributed by atoms with van der Waals surface area (Å²) < 4.78 is 15.8. The highest BCUT2D eigenvalue weighted by atomic mass is 19.1. The Bertz CT molecular complexity index is 585. The van der Waals surface area contributed by atoms with Gasteiger partial charge in [0.15, 0.2) is 17.8 Å². The molecule has 2 atom stereocenters. The standard InChI is InChI=1S/C14H17FN4/c1-14(2,3)13-17-12-10(15)7-11(19(12)18-13)9-5-4-6-16-8-9/h4-6,8,10-11H,7H2,1-3H3. The molecule has 0 spiro atoms. The Morgan fingerprint density at radius 3 is 2.79 bits per heavy atom. The van der Waals surface area contributed by atoms with Gasteiger partial charge in [-0.25, -0.2) is 14.1 Å². The first-order chi connectivity index (χ1) is 8.97. The molecule has 2 aromatic rings. The second-order valence-corrected chi connectivity index (χ2v) is 5.99. The fourth-order valence-electron chi connectivity index (χ4n) is 2.35. The Hall–Kier alpha value is -1.78. The molecule has 5 heteroatoms. The molecule has 2 aromatic heterocycles. The first-order valence-corrected chi connectivity index (χ1v) is 6.48. The van der Waals surface area contributed by atoms with Crippen molar-refractivity contribution < 1.29 is 4.39 Å². The number of alkyl halides is 1. The molecule has 0 amide bonds. The molecule has 2 unspecified atom stereocenters. The number of halogens is 1. The van der Waals surface area contributed by atoms with Gasteiger partial charge in [-0.05, 0) is 11.6 Å². The minimum absolute atomic E-state index is 0.0951. The Balaban J connectivity index is 2.04. The molecule has 4 nitrogen and oxygen atoms in total. The van der Waals surface area contributed by atoms with E-state index in [4.69, 9.17) is 0 Å². The van der Waals surface area contributed by atoms with Crippen LogP contribution in [-0.4, -0.2) is 19.7 Å². The molecule has 19 heavy (non-hydrogen) atoms. The molecule has 0 radical (unpaired) electrons. The summed E-state index contributed by atoms with van der Waals surface area (Å²) >= 11 is 0. The van der Waals surface area contributed by atoms with Crippen LogP contribution in [0.4, 0.5) is 4.39 Å². The predicted molar refractivity (Wildman–Crippen MR) is 69.6 cm³/mol. The normalized spacial score (nSPS) is 22.5. The van der Waals surface area contributed by atoms with Gasteiger partial charge >= 0.3 is 0 Å². The van der Waals surface area contributed by atoms with Gasteiger partial charge in [0, 0.05) is 24.2 Å². The molecule has 3 heterocycles. The Morgan fingerprint density at radius 2 is 2.16 bits per heavy atom. The topological polar surface area (TPSA) is 43.6 Å². The zero-order chi connectivity index (χ0) is 13.6. The molecule has 0 aromatic carbocycles. The smallest absolute Gasteiger partial charge is 0.162 e. The van der Waals surface area contributed by atoms with Crippen LogP contribution >= 0.6 is 0 Å². The second kappa shape index (κ2) is 4.11. The monoisotopic (exact) mass is 260 g/mol. The van der Waals surface area contributed by atoms with E-state index in [-0.39, 0.29) is 11.5 Å². The van der Waals surface area contributed by atoms with Gasteiger partial charge in [-0.3, -0.25) is 4.98 Å². The minimum Gasteiger partial charge on any atom is -0.264 e. The largest absolute Gasteiger partial charge is 0.264 e. The third-order valence-electron chi connectivity index (χ3n) is 3.40. The van der Waals surface area contributed by atoms with Crippen molar-refractivity contribution in [2.75, 3.05) is 0 Å². The quantitative estimate of drug-likeness (QED) is 0.791. The third kappa shape index (κ3) is 2.03. The van der Waals surface area contributed by atoms with Crippen LogP contribution in [0.5, 0.6) is 0 Å². The van der Waals surface area contributed by atoms with Gasteiger partial charge in [-0.15, -0.1) is 0 Å². The molecule has 0 fully saturated rings. The van der Waals surface area contributed by atoms with Gasteiger partial charge in [0.1, 0.15) is 0 Å². The maximum atomic E-state index is 14.1. The van der Waals surface area contributed by atoms with Gasteiger partial charge in [0.05, 0.1) is 6.04 Å². The van der Waals surface area contributed by atoms with Crippen molar-refractivity contribution in [3.05, 3.63) is 41.7 Å². The van der Waals surface area contributed by atoms with E-state index in [1.807, 2.05) is 32.9 Å². The van der Waals surface area contributed by atoms with E-state index in [0.717, 1.165) is 5.56 Å². The fourth-order valence-corrected chi connectivity index (χ4v) is 2.35. The number of fused-ring (bicyclic) bond motifs is 1. The number of nitrogens with zero attached hydrogens (tertiary/aromatic N) is 4. The van der Waals surface area contributed by atoms with Crippen molar-refractivity contribution in [1.82, 2.24) is 19.7 Å². The molecule has 0 aliphatic carbocycles. The van der Waals surface area contributed by atoms with E-state index >= 15 is 0 Å². The van der Waals surface area contributed by atoms with Crippen molar-refractivity contribution >= 4 is 0 Å². The van der Waals surface area contributed by atoms with Crippen molar-refractivity contribution in [3.63, 3.8) is 0 Å². The lowest BCUT2D eigenvalue weighted by Gasteiger charge is -2.15. The molecule has 1 aliphatic heterocycles.